The van der Waals surface area contributed by atoms with Crippen molar-refractivity contribution >= 4 is 27.5 Å². The highest BCUT2D eigenvalue weighted by molar-refractivity contribution is 9.10. The van der Waals surface area contributed by atoms with E-state index in [1.165, 1.54) is 24.8 Å². The molecule has 0 bridgehead atoms. The van der Waals surface area contributed by atoms with Crippen LogP contribution in [0.4, 0.5) is 0 Å². The minimum Gasteiger partial charge on any atom is -0.310 e. The number of rotatable bonds is 4. The Balaban J connectivity index is 2.25. The van der Waals surface area contributed by atoms with E-state index in [9.17, 15) is 0 Å². The molecule has 1 fully saturated rings. The largest absolute Gasteiger partial charge is 0.310 e. The highest BCUT2D eigenvalue weighted by Gasteiger charge is 2.30. The summed E-state index contributed by atoms with van der Waals surface area (Å²) >= 11 is 9.80. The first-order valence-corrected chi connectivity index (χ1v) is 8.86. The third-order valence-electron chi connectivity index (χ3n) is 4.35. The van der Waals surface area contributed by atoms with Crippen molar-refractivity contribution in [2.24, 2.45) is 17.8 Å². The molecule has 1 aliphatic carbocycles. The fraction of sp³-hybridized carbons (Fsp3) is 0.647. The summed E-state index contributed by atoms with van der Waals surface area (Å²) < 4.78 is 1.07. The maximum atomic E-state index is 6.23. The van der Waals surface area contributed by atoms with Gasteiger partial charge in [0.05, 0.1) is 0 Å². The molecule has 3 heteroatoms. The van der Waals surface area contributed by atoms with Crippen molar-refractivity contribution in [1.29, 1.82) is 0 Å². The van der Waals surface area contributed by atoms with E-state index in [2.05, 4.69) is 54.2 Å². The Morgan fingerprint density at radius 2 is 1.85 bits per heavy atom. The molecular formula is C17H25BrClN. The first kappa shape index (κ1) is 16.3. The molecule has 2 rings (SSSR count). The highest BCUT2D eigenvalue weighted by Crippen LogP contribution is 2.40. The summed E-state index contributed by atoms with van der Waals surface area (Å²) in [5.74, 6) is 2.36. The molecule has 3 unspecified atom stereocenters. The molecule has 1 nitrogen and oxygen atoms in total. The zero-order valence-corrected chi connectivity index (χ0v) is 15.0. The average molecular weight is 359 g/mol. The van der Waals surface area contributed by atoms with Gasteiger partial charge in [0.2, 0.25) is 0 Å². The van der Waals surface area contributed by atoms with Crippen molar-refractivity contribution in [1.82, 2.24) is 5.32 Å². The Kier molecular flexibility index (Phi) is 5.95. The number of benzene rings is 1. The van der Waals surface area contributed by atoms with Crippen LogP contribution in [0.2, 0.25) is 5.02 Å². The molecule has 0 heterocycles. The van der Waals surface area contributed by atoms with Gasteiger partial charge in [-0.2, -0.15) is 0 Å². The monoisotopic (exact) mass is 357 g/mol. The van der Waals surface area contributed by atoms with Gasteiger partial charge in [-0.15, -0.1) is 0 Å². The van der Waals surface area contributed by atoms with E-state index < -0.39 is 0 Å². The molecule has 0 radical (unpaired) electrons. The number of halogens is 2. The summed E-state index contributed by atoms with van der Waals surface area (Å²) in [5.41, 5.74) is 1.32. The lowest BCUT2D eigenvalue weighted by Gasteiger charge is -2.37. The summed E-state index contributed by atoms with van der Waals surface area (Å²) in [6.07, 6.45) is 3.99. The van der Waals surface area contributed by atoms with Gasteiger partial charge in [-0.05, 0) is 67.3 Å². The van der Waals surface area contributed by atoms with E-state index >= 15 is 0 Å². The van der Waals surface area contributed by atoms with Crippen LogP contribution in [0.15, 0.2) is 22.7 Å². The molecule has 3 atom stereocenters. The standard InChI is InChI=1S/C17H25BrClN/c1-4-20-17(13-6-11(2)5-12(3)7-13)14-8-15(18)10-16(19)9-14/h8-13,17,20H,4-7H2,1-3H3. The lowest BCUT2D eigenvalue weighted by atomic mass is 9.72. The van der Waals surface area contributed by atoms with Gasteiger partial charge in [0.25, 0.3) is 0 Å². The Morgan fingerprint density at radius 1 is 1.20 bits per heavy atom. The second kappa shape index (κ2) is 7.29. The van der Waals surface area contributed by atoms with Crippen LogP contribution in [0.25, 0.3) is 0 Å². The topological polar surface area (TPSA) is 12.0 Å². The number of nitrogens with one attached hydrogen (secondary N) is 1. The second-order valence-electron chi connectivity index (χ2n) is 6.42. The molecule has 0 amide bonds. The summed E-state index contributed by atoms with van der Waals surface area (Å²) in [6, 6.07) is 6.70. The summed E-state index contributed by atoms with van der Waals surface area (Å²) in [5, 5.41) is 4.50. The average Bonchev–Trinajstić information content (AvgIpc) is 2.33. The minimum atomic E-state index is 0.417. The Hall–Kier alpha value is -0.0500. The van der Waals surface area contributed by atoms with Crippen LogP contribution in [0.1, 0.15) is 51.6 Å². The Morgan fingerprint density at radius 3 is 2.40 bits per heavy atom. The van der Waals surface area contributed by atoms with E-state index in [4.69, 9.17) is 11.6 Å². The van der Waals surface area contributed by atoms with Crippen LogP contribution in [-0.2, 0) is 0 Å². The number of hydrogen-bond donors (Lipinski definition) is 1. The molecule has 1 aromatic rings. The van der Waals surface area contributed by atoms with Gasteiger partial charge in [-0.3, -0.25) is 0 Å². The molecule has 20 heavy (non-hydrogen) atoms. The van der Waals surface area contributed by atoms with E-state index in [-0.39, 0.29) is 0 Å². The quantitative estimate of drug-likeness (QED) is 0.714. The van der Waals surface area contributed by atoms with Crippen LogP contribution in [0.5, 0.6) is 0 Å². The van der Waals surface area contributed by atoms with E-state index in [1.54, 1.807) is 0 Å². The summed E-state index contributed by atoms with van der Waals surface area (Å²) in [6.45, 7) is 7.95. The van der Waals surface area contributed by atoms with Crippen molar-refractivity contribution in [2.45, 2.75) is 46.1 Å². The Bertz CT molecular complexity index is 418. The SMILES string of the molecule is CCNC(c1cc(Cl)cc(Br)c1)C1CC(C)CC(C)C1. The van der Waals surface area contributed by atoms with Gasteiger partial charge < -0.3 is 5.32 Å². The van der Waals surface area contributed by atoms with Gasteiger partial charge in [-0.1, -0.05) is 48.3 Å². The number of hydrogen-bond acceptors (Lipinski definition) is 1. The highest BCUT2D eigenvalue weighted by atomic mass is 79.9. The predicted molar refractivity (Wildman–Crippen MR) is 91.2 cm³/mol. The van der Waals surface area contributed by atoms with Crippen LogP contribution in [-0.4, -0.2) is 6.54 Å². The first-order chi connectivity index (χ1) is 9.49. The van der Waals surface area contributed by atoms with Gasteiger partial charge in [0.15, 0.2) is 0 Å². The summed E-state index contributed by atoms with van der Waals surface area (Å²) in [7, 11) is 0. The molecular weight excluding hydrogens is 334 g/mol. The van der Waals surface area contributed by atoms with E-state index in [1.807, 2.05) is 6.07 Å². The van der Waals surface area contributed by atoms with Gasteiger partial charge >= 0.3 is 0 Å². The van der Waals surface area contributed by atoms with Crippen LogP contribution >= 0.6 is 27.5 Å². The van der Waals surface area contributed by atoms with Crippen molar-refractivity contribution in [3.63, 3.8) is 0 Å². The molecule has 1 saturated carbocycles. The fourth-order valence-electron chi connectivity index (χ4n) is 3.81. The van der Waals surface area contributed by atoms with Crippen molar-refractivity contribution in [3.8, 4) is 0 Å². The molecule has 1 aromatic carbocycles. The van der Waals surface area contributed by atoms with E-state index in [0.717, 1.165) is 27.9 Å². The minimum absolute atomic E-state index is 0.417. The van der Waals surface area contributed by atoms with Crippen LogP contribution in [0.3, 0.4) is 0 Å². The molecule has 0 saturated heterocycles. The molecule has 0 spiro atoms. The molecule has 1 N–H and O–H groups in total. The third kappa shape index (κ3) is 4.22. The zero-order valence-electron chi connectivity index (χ0n) is 12.6. The van der Waals surface area contributed by atoms with Crippen molar-refractivity contribution in [3.05, 3.63) is 33.3 Å². The normalized spacial score (nSPS) is 28.4. The lowest BCUT2D eigenvalue weighted by molar-refractivity contribution is 0.177. The molecule has 0 aliphatic heterocycles. The third-order valence-corrected chi connectivity index (χ3v) is 5.03. The second-order valence-corrected chi connectivity index (χ2v) is 7.77. The predicted octanol–water partition coefficient (Wildman–Crippen LogP) is 5.83. The van der Waals surface area contributed by atoms with E-state index in [0.29, 0.717) is 12.0 Å². The fourth-order valence-corrected chi connectivity index (χ4v) is 4.70. The summed E-state index contributed by atoms with van der Waals surface area (Å²) in [4.78, 5) is 0. The maximum absolute atomic E-state index is 6.23. The molecule has 1 aliphatic rings. The van der Waals surface area contributed by atoms with Gasteiger partial charge in [-0.25, -0.2) is 0 Å². The molecule has 0 aromatic heterocycles. The van der Waals surface area contributed by atoms with Crippen molar-refractivity contribution in [2.75, 3.05) is 6.54 Å². The maximum Gasteiger partial charge on any atom is 0.0420 e. The van der Waals surface area contributed by atoms with Gasteiger partial charge in [0.1, 0.15) is 0 Å². The smallest absolute Gasteiger partial charge is 0.0420 e. The zero-order chi connectivity index (χ0) is 14.7. The first-order valence-electron chi connectivity index (χ1n) is 7.69. The van der Waals surface area contributed by atoms with Crippen LogP contribution in [0, 0.1) is 17.8 Å². The lowest BCUT2D eigenvalue weighted by Crippen LogP contribution is -2.33. The Labute approximate surface area is 136 Å². The molecule has 112 valence electrons. The van der Waals surface area contributed by atoms with Crippen LogP contribution < -0.4 is 5.32 Å². The van der Waals surface area contributed by atoms with Gasteiger partial charge in [0, 0.05) is 15.5 Å². The van der Waals surface area contributed by atoms with Crippen molar-refractivity contribution < 1.29 is 0 Å².